The normalized spacial score (nSPS) is 10.1. The van der Waals surface area contributed by atoms with Gasteiger partial charge in [0.25, 0.3) is 0 Å². The van der Waals surface area contributed by atoms with Crippen LogP contribution in [0, 0.1) is 6.92 Å². The molecule has 24 heavy (non-hydrogen) atoms. The molecule has 4 heteroatoms. The van der Waals surface area contributed by atoms with E-state index >= 15 is 0 Å². The molecule has 0 heterocycles. The molecule has 0 aliphatic rings. The maximum Gasteiger partial charge on any atom is 0.250 e. The molecule has 2 aromatic carbocycles. The van der Waals surface area contributed by atoms with E-state index < -0.39 is 0 Å². The Balaban J connectivity index is 2.11. The van der Waals surface area contributed by atoms with Gasteiger partial charge < -0.3 is 9.64 Å². The van der Waals surface area contributed by atoms with E-state index in [9.17, 15) is 9.59 Å². The lowest BCUT2D eigenvalue weighted by Crippen LogP contribution is -2.31. The number of anilines is 1. The highest BCUT2D eigenvalue weighted by molar-refractivity contribution is 6.02. The van der Waals surface area contributed by atoms with Crippen LogP contribution in [0.25, 0.3) is 0 Å². The molecular formula is C20H21NO3. The lowest BCUT2D eigenvalue weighted by molar-refractivity contribution is -0.114. The Labute approximate surface area is 142 Å². The van der Waals surface area contributed by atoms with Crippen LogP contribution >= 0.6 is 0 Å². The molecule has 0 aromatic heterocycles. The molecule has 0 atom stereocenters. The number of nitrogens with zero attached hydrogens (tertiary/aromatic N) is 1. The first-order chi connectivity index (χ1) is 11.5. The van der Waals surface area contributed by atoms with Gasteiger partial charge in [0.15, 0.2) is 5.78 Å². The van der Waals surface area contributed by atoms with Gasteiger partial charge in [-0.25, -0.2) is 0 Å². The van der Waals surface area contributed by atoms with Crippen molar-refractivity contribution in [3.05, 3.63) is 72.3 Å². The van der Waals surface area contributed by atoms with Crippen LogP contribution in [0.1, 0.15) is 22.3 Å². The van der Waals surface area contributed by atoms with Crippen molar-refractivity contribution in [1.82, 2.24) is 0 Å². The van der Waals surface area contributed by atoms with E-state index in [2.05, 4.69) is 6.58 Å². The minimum absolute atomic E-state index is 0.00498. The number of hydrogen-bond acceptors (Lipinski definition) is 3. The van der Waals surface area contributed by atoms with Gasteiger partial charge in [0.2, 0.25) is 5.91 Å². The Kier molecular flexibility index (Phi) is 5.90. The lowest BCUT2D eigenvalue weighted by Gasteiger charge is -2.21. The van der Waals surface area contributed by atoms with Crippen LogP contribution < -0.4 is 9.64 Å². The second kappa shape index (κ2) is 8.11. The fourth-order valence-corrected chi connectivity index (χ4v) is 2.34. The van der Waals surface area contributed by atoms with E-state index in [4.69, 9.17) is 4.74 Å². The van der Waals surface area contributed by atoms with Crippen LogP contribution in [0.3, 0.4) is 0 Å². The number of hydrogen-bond donors (Lipinski definition) is 0. The molecule has 0 fully saturated rings. The minimum Gasteiger partial charge on any atom is -0.497 e. The number of carbonyl (C=O) groups excluding carboxylic acids is 2. The number of amides is 1. The van der Waals surface area contributed by atoms with Crippen LogP contribution in [-0.2, 0) is 4.79 Å². The lowest BCUT2D eigenvalue weighted by atomic mass is 10.1. The highest BCUT2D eigenvalue weighted by Crippen LogP contribution is 2.20. The van der Waals surface area contributed by atoms with Crippen LogP contribution in [0.5, 0.6) is 5.75 Å². The van der Waals surface area contributed by atoms with E-state index in [1.165, 1.54) is 6.08 Å². The average molecular weight is 323 g/mol. The number of aryl methyl sites for hydroxylation is 1. The summed E-state index contributed by atoms with van der Waals surface area (Å²) < 4.78 is 5.12. The van der Waals surface area contributed by atoms with Crippen molar-refractivity contribution < 1.29 is 14.3 Å². The standard InChI is InChI=1S/C20H21NO3/c1-4-20(23)21(17-9-11-18(24-3)12-10-17)14-13-19(22)16-7-5-15(2)6-8-16/h4-12H,1,13-14H2,2-3H3. The zero-order chi connectivity index (χ0) is 17.5. The van der Waals surface area contributed by atoms with Gasteiger partial charge in [-0.1, -0.05) is 36.4 Å². The smallest absolute Gasteiger partial charge is 0.250 e. The zero-order valence-electron chi connectivity index (χ0n) is 14.0. The summed E-state index contributed by atoms with van der Waals surface area (Å²) in [5.74, 6) is 0.475. The number of rotatable bonds is 7. The van der Waals surface area contributed by atoms with Crippen LogP contribution in [-0.4, -0.2) is 25.3 Å². The Morgan fingerprint density at radius 1 is 1.08 bits per heavy atom. The maximum absolute atomic E-state index is 12.3. The topological polar surface area (TPSA) is 46.6 Å². The summed E-state index contributed by atoms with van der Waals surface area (Å²) in [5, 5.41) is 0. The predicted octanol–water partition coefficient (Wildman–Crippen LogP) is 3.80. The number of ether oxygens (including phenoxy) is 1. The summed E-state index contributed by atoms with van der Waals surface area (Å²) in [7, 11) is 1.59. The number of methoxy groups -OCH3 is 1. The van der Waals surface area contributed by atoms with Gasteiger partial charge >= 0.3 is 0 Å². The molecule has 1 amide bonds. The third-order valence-electron chi connectivity index (χ3n) is 3.76. The van der Waals surface area contributed by atoms with Gasteiger partial charge in [0.05, 0.1) is 7.11 Å². The fraction of sp³-hybridized carbons (Fsp3) is 0.200. The molecule has 0 radical (unpaired) electrons. The van der Waals surface area contributed by atoms with Crippen LogP contribution in [0.15, 0.2) is 61.2 Å². The number of carbonyl (C=O) groups is 2. The summed E-state index contributed by atoms with van der Waals surface area (Å²) >= 11 is 0. The molecule has 0 spiro atoms. The highest BCUT2D eigenvalue weighted by atomic mass is 16.5. The number of Topliss-reactive ketones (excluding diaryl/α,β-unsaturated/α-hetero) is 1. The molecule has 0 aliphatic heterocycles. The summed E-state index contributed by atoms with van der Waals surface area (Å²) in [6.45, 7) is 5.81. The summed E-state index contributed by atoms with van der Waals surface area (Å²) in [5.41, 5.74) is 2.46. The minimum atomic E-state index is -0.239. The summed E-state index contributed by atoms with van der Waals surface area (Å²) in [4.78, 5) is 26.0. The second-order valence-corrected chi connectivity index (χ2v) is 5.43. The molecule has 0 aliphatic carbocycles. The number of benzene rings is 2. The average Bonchev–Trinajstić information content (AvgIpc) is 2.62. The SMILES string of the molecule is C=CC(=O)N(CCC(=O)c1ccc(C)cc1)c1ccc(OC)cc1. The van der Waals surface area contributed by atoms with E-state index in [-0.39, 0.29) is 18.1 Å². The Bertz CT molecular complexity index is 718. The van der Waals surface area contributed by atoms with Gasteiger partial charge in [0.1, 0.15) is 5.75 Å². The first-order valence-electron chi connectivity index (χ1n) is 7.73. The zero-order valence-corrected chi connectivity index (χ0v) is 14.0. The van der Waals surface area contributed by atoms with Gasteiger partial charge in [-0.2, -0.15) is 0 Å². The molecule has 0 bridgehead atoms. The van der Waals surface area contributed by atoms with E-state index in [0.717, 1.165) is 5.56 Å². The van der Waals surface area contributed by atoms with E-state index in [1.807, 2.05) is 31.2 Å². The number of ketones is 1. The molecule has 2 aromatic rings. The third-order valence-corrected chi connectivity index (χ3v) is 3.76. The predicted molar refractivity (Wildman–Crippen MR) is 95.7 cm³/mol. The molecule has 4 nitrogen and oxygen atoms in total. The van der Waals surface area contributed by atoms with Crippen molar-refractivity contribution in [3.8, 4) is 5.75 Å². The molecule has 124 valence electrons. The monoisotopic (exact) mass is 323 g/mol. The molecule has 0 unspecified atom stereocenters. The van der Waals surface area contributed by atoms with Crippen molar-refractivity contribution in [2.24, 2.45) is 0 Å². The van der Waals surface area contributed by atoms with Crippen LogP contribution in [0.4, 0.5) is 5.69 Å². The van der Waals surface area contributed by atoms with Crippen molar-refractivity contribution in [2.75, 3.05) is 18.6 Å². The molecule has 0 saturated heterocycles. The molecule has 0 N–H and O–H groups in total. The van der Waals surface area contributed by atoms with E-state index in [0.29, 0.717) is 23.5 Å². The van der Waals surface area contributed by atoms with Gasteiger partial charge in [-0.3, -0.25) is 9.59 Å². The second-order valence-electron chi connectivity index (χ2n) is 5.43. The van der Waals surface area contributed by atoms with Gasteiger partial charge in [0, 0.05) is 24.2 Å². The quantitative estimate of drug-likeness (QED) is 0.575. The van der Waals surface area contributed by atoms with Crippen molar-refractivity contribution >= 4 is 17.4 Å². The highest BCUT2D eigenvalue weighted by Gasteiger charge is 2.15. The third kappa shape index (κ3) is 4.32. The Morgan fingerprint density at radius 2 is 1.71 bits per heavy atom. The molecule has 2 rings (SSSR count). The van der Waals surface area contributed by atoms with Gasteiger partial charge in [-0.15, -0.1) is 0 Å². The first-order valence-corrected chi connectivity index (χ1v) is 7.73. The first kappa shape index (κ1) is 17.5. The fourth-order valence-electron chi connectivity index (χ4n) is 2.34. The Morgan fingerprint density at radius 3 is 2.25 bits per heavy atom. The van der Waals surface area contributed by atoms with Crippen molar-refractivity contribution in [3.63, 3.8) is 0 Å². The molecular weight excluding hydrogens is 302 g/mol. The molecule has 0 saturated carbocycles. The summed E-state index contributed by atoms with van der Waals surface area (Å²) in [6, 6.07) is 14.6. The maximum atomic E-state index is 12.3. The Hall–Kier alpha value is -2.88. The van der Waals surface area contributed by atoms with E-state index in [1.54, 1.807) is 36.3 Å². The van der Waals surface area contributed by atoms with Gasteiger partial charge in [-0.05, 0) is 37.3 Å². The van der Waals surface area contributed by atoms with Crippen molar-refractivity contribution in [2.45, 2.75) is 13.3 Å². The van der Waals surface area contributed by atoms with Crippen molar-refractivity contribution in [1.29, 1.82) is 0 Å². The largest absolute Gasteiger partial charge is 0.497 e. The summed E-state index contributed by atoms with van der Waals surface area (Å²) in [6.07, 6.45) is 1.50. The van der Waals surface area contributed by atoms with Crippen LogP contribution in [0.2, 0.25) is 0 Å².